The van der Waals surface area contributed by atoms with Crippen molar-refractivity contribution in [2.45, 2.75) is 39.0 Å². The number of rotatable bonds is 5. The Balaban J connectivity index is 1.96. The topological polar surface area (TPSA) is 17.1 Å². The Morgan fingerprint density at radius 1 is 1.33 bits per heavy atom. The highest BCUT2D eigenvalue weighted by atomic mass is 32.2. The molecule has 1 aliphatic rings. The van der Waals surface area contributed by atoms with Gasteiger partial charge >= 0.3 is 0 Å². The summed E-state index contributed by atoms with van der Waals surface area (Å²) in [7, 11) is 0. The lowest BCUT2D eigenvalue weighted by Crippen LogP contribution is -2.14. The van der Waals surface area contributed by atoms with Gasteiger partial charge in [-0.25, -0.2) is 0 Å². The molecule has 0 radical (unpaired) electrons. The Kier molecular flexibility index (Phi) is 5.30. The molecule has 1 aliphatic heterocycles. The molecule has 1 aromatic carbocycles. The second-order valence-corrected chi connectivity index (χ2v) is 6.36. The average molecular weight is 262 g/mol. The fourth-order valence-corrected chi connectivity index (χ4v) is 3.72. The molecule has 2 rings (SSSR count). The van der Waals surface area contributed by atoms with Crippen LogP contribution in [0.1, 0.15) is 48.5 Å². The molecule has 1 nitrogen and oxygen atoms in total. The molecule has 0 bridgehead atoms. The molecule has 18 heavy (non-hydrogen) atoms. The molecule has 1 saturated heterocycles. The molecule has 0 saturated carbocycles. The van der Waals surface area contributed by atoms with Gasteiger partial charge in [0, 0.05) is 12.0 Å². The van der Waals surface area contributed by atoms with Gasteiger partial charge in [0.15, 0.2) is 5.78 Å². The molecule has 1 fully saturated rings. The van der Waals surface area contributed by atoms with E-state index in [1.165, 1.54) is 29.9 Å². The van der Waals surface area contributed by atoms with Crippen LogP contribution in [0.15, 0.2) is 24.3 Å². The van der Waals surface area contributed by atoms with Crippen molar-refractivity contribution in [2.75, 3.05) is 11.5 Å². The standard InChI is InChI=1S/C16H22OS/c1-2-4-13-5-3-6-15(11-13)16(17)12-14-7-9-18-10-8-14/h3,5-6,11,14H,2,4,7-10,12H2,1H3. The van der Waals surface area contributed by atoms with E-state index in [0.717, 1.165) is 24.8 Å². The third kappa shape index (κ3) is 3.88. The number of carbonyl (C=O) groups excluding carboxylic acids is 1. The number of hydrogen-bond donors (Lipinski definition) is 0. The molecule has 0 aromatic heterocycles. The fraction of sp³-hybridized carbons (Fsp3) is 0.562. The number of aryl methyl sites for hydroxylation is 1. The lowest BCUT2D eigenvalue weighted by molar-refractivity contribution is 0.0958. The minimum absolute atomic E-state index is 0.338. The normalized spacial score (nSPS) is 16.7. The Morgan fingerprint density at radius 2 is 2.11 bits per heavy atom. The number of benzene rings is 1. The fourth-order valence-electron chi connectivity index (χ4n) is 2.52. The summed E-state index contributed by atoms with van der Waals surface area (Å²) in [4.78, 5) is 12.3. The lowest BCUT2D eigenvalue weighted by atomic mass is 9.93. The lowest BCUT2D eigenvalue weighted by Gasteiger charge is -2.20. The van der Waals surface area contributed by atoms with Gasteiger partial charge in [0.2, 0.25) is 0 Å². The van der Waals surface area contributed by atoms with Gasteiger partial charge in [0.25, 0.3) is 0 Å². The summed E-state index contributed by atoms with van der Waals surface area (Å²) in [5.74, 6) is 3.42. The summed E-state index contributed by atoms with van der Waals surface area (Å²) in [5.41, 5.74) is 2.21. The third-order valence-corrected chi connectivity index (χ3v) is 4.65. The van der Waals surface area contributed by atoms with E-state index in [4.69, 9.17) is 0 Å². The van der Waals surface area contributed by atoms with Crippen LogP contribution in [0.3, 0.4) is 0 Å². The van der Waals surface area contributed by atoms with E-state index in [0.29, 0.717) is 11.7 Å². The van der Waals surface area contributed by atoms with Crippen molar-refractivity contribution in [1.82, 2.24) is 0 Å². The van der Waals surface area contributed by atoms with Gasteiger partial charge in [-0.1, -0.05) is 31.5 Å². The average Bonchev–Trinajstić information content (AvgIpc) is 2.40. The largest absolute Gasteiger partial charge is 0.294 e. The van der Waals surface area contributed by atoms with Crippen LogP contribution in [-0.2, 0) is 6.42 Å². The first kappa shape index (κ1) is 13.7. The molecule has 0 amide bonds. The highest BCUT2D eigenvalue weighted by Crippen LogP contribution is 2.26. The highest BCUT2D eigenvalue weighted by Gasteiger charge is 2.18. The van der Waals surface area contributed by atoms with Gasteiger partial charge in [-0.3, -0.25) is 4.79 Å². The summed E-state index contributed by atoms with van der Waals surface area (Å²) < 4.78 is 0. The van der Waals surface area contributed by atoms with Crippen molar-refractivity contribution in [1.29, 1.82) is 0 Å². The maximum Gasteiger partial charge on any atom is 0.163 e. The molecule has 0 aliphatic carbocycles. The number of ketones is 1. The molecular formula is C16H22OS. The van der Waals surface area contributed by atoms with Gasteiger partial charge in [-0.05, 0) is 48.3 Å². The van der Waals surface area contributed by atoms with Crippen LogP contribution in [-0.4, -0.2) is 17.3 Å². The van der Waals surface area contributed by atoms with Crippen molar-refractivity contribution in [3.05, 3.63) is 35.4 Å². The Bertz CT molecular complexity index is 394. The Labute approximate surface area is 114 Å². The first-order valence-corrected chi connectivity index (χ1v) is 8.15. The zero-order chi connectivity index (χ0) is 12.8. The molecule has 1 heterocycles. The second kappa shape index (κ2) is 6.98. The van der Waals surface area contributed by atoms with Crippen LogP contribution >= 0.6 is 11.8 Å². The highest BCUT2D eigenvalue weighted by molar-refractivity contribution is 7.99. The van der Waals surface area contributed by atoms with Gasteiger partial charge < -0.3 is 0 Å². The zero-order valence-corrected chi connectivity index (χ0v) is 12.0. The summed E-state index contributed by atoms with van der Waals surface area (Å²) in [6.07, 6.45) is 5.38. The molecule has 98 valence electrons. The molecule has 0 N–H and O–H groups in total. The zero-order valence-electron chi connectivity index (χ0n) is 11.2. The summed E-state index contributed by atoms with van der Waals surface area (Å²) >= 11 is 2.02. The number of thioether (sulfide) groups is 1. The first-order chi connectivity index (χ1) is 8.79. The smallest absolute Gasteiger partial charge is 0.163 e. The van der Waals surface area contributed by atoms with Crippen molar-refractivity contribution in [3.8, 4) is 0 Å². The van der Waals surface area contributed by atoms with Crippen molar-refractivity contribution in [3.63, 3.8) is 0 Å². The molecule has 0 atom stereocenters. The van der Waals surface area contributed by atoms with Gasteiger partial charge in [-0.15, -0.1) is 0 Å². The molecule has 0 unspecified atom stereocenters. The van der Waals surface area contributed by atoms with E-state index in [-0.39, 0.29) is 0 Å². The van der Waals surface area contributed by atoms with Crippen molar-refractivity contribution >= 4 is 17.5 Å². The SMILES string of the molecule is CCCc1cccc(C(=O)CC2CCSCC2)c1. The van der Waals surface area contributed by atoms with E-state index in [1.54, 1.807) is 0 Å². The predicted octanol–water partition coefficient (Wildman–Crippen LogP) is 4.36. The minimum atomic E-state index is 0.338. The van der Waals surface area contributed by atoms with Gasteiger partial charge in [-0.2, -0.15) is 11.8 Å². The molecule has 1 aromatic rings. The third-order valence-electron chi connectivity index (χ3n) is 3.60. The maximum absolute atomic E-state index is 12.3. The van der Waals surface area contributed by atoms with Gasteiger partial charge in [0.05, 0.1) is 0 Å². The number of Topliss-reactive ketones (excluding diaryl/α,β-unsaturated/α-hetero) is 1. The number of carbonyl (C=O) groups is 1. The van der Waals surface area contributed by atoms with E-state index in [9.17, 15) is 4.79 Å². The van der Waals surface area contributed by atoms with Crippen LogP contribution in [0, 0.1) is 5.92 Å². The van der Waals surface area contributed by atoms with Crippen molar-refractivity contribution in [2.24, 2.45) is 5.92 Å². The van der Waals surface area contributed by atoms with Crippen LogP contribution < -0.4 is 0 Å². The maximum atomic E-state index is 12.3. The van der Waals surface area contributed by atoms with E-state index >= 15 is 0 Å². The van der Waals surface area contributed by atoms with E-state index in [1.807, 2.05) is 23.9 Å². The number of hydrogen-bond acceptors (Lipinski definition) is 2. The van der Waals surface area contributed by atoms with E-state index in [2.05, 4.69) is 19.1 Å². The van der Waals surface area contributed by atoms with Crippen LogP contribution in [0.2, 0.25) is 0 Å². The Morgan fingerprint density at radius 3 is 2.83 bits per heavy atom. The Hall–Kier alpha value is -0.760. The quantitative estimate of drug-likeness (QED) is 0.734. The molecular weight excluding hydrogens is 240 g/mol. The van der Waals surface area contributed by atoms with Gasteiger partial charge in [0.1, 0.15) is 0 Å². The van der Waals surface area contributed by atoms with Crippen LogP contribution in [0.4, 0.5) is 0 Å². The van der Waals surface area contributed by atoms with Crippen LogP contribution in [0.5, 0.6) is 0 Å². The van der Waals surface area contributed by atoms with E-state index < -0.39 is 0 Å². The predicted molar refractivity (Wildman–Crippen MR) is 79.4 cm³/mol. The summed E-state index contributed by atoms with van der Waals surface area (Å²) in [6.45, 7) is 2.17. The summed E-state index contributed by atoms with van der Waals surface area (Å²) in [5, 5.41) is 0. The monoisotopic (exact) mass is 262 g/mol. The molecule has 2 heteroatoms. The first-order valence-electron chi connectivity index (χ1n) is 6.99. The molecule has 0 spiro atoms. The van der Waals surface area contributed by atoms with Crippen molar-refractivity contribution < 1.29 is 4.79 Å². The minimum Gasteiger partial charge on any atom is -0.294 e. The second-order valence-electron chi connectivity index (χ2n) is 5.13. The van der Waals surface area contributed by atoms with Crippen LogP contribution in [0.25, 0.3) is 0 Å². The summed E-state index contributed by atoms with van der Waals surface area (Å²) in [6, 6.07) is 8.20.